The topological polar surface area (TPSA) is 58.2 Å². The lowest BCUT2D eigenvalue weighted by molar-refractivity contribution is 0.101. The Bertz CT molecular complexity index is 1390. The molecule has 0 aliphatic heterocycles. The number of rotatable bonds is 7. The third kappa shape index (κ3) is 6.72. The van der Waals surface area contributed by atoms with Crippen LogP contribution in [-0.4, -0.2) is 11.8 Å². The first-order valence-corrected chi connectivity index (χ1v) is 15.6. The van der Waals surface area contributed by atoms with Gasteiger partial charge in [0.1, 0.15) is 0 Å². The van der Waals surface area contributed by atoms with E-state index in [2.05, 4.69) is 54.6 Å². The maximum atomic E-state index is 13.1. The number of aryl methyl sites for hydroxylation is 4. The van der Waals surface area contributed by atoms with E-state index in [1.54, 1.807) is 45.9 Å². The Labute approximate surface area is 248 Å². The lowest BCUT2D eigenvalue weighted by Crippen LogP contribution is -2.14. The molecule has 2 N–H and O–H groups in total. The van der Waals surface area contributed by atoms with Crippen molar-refractivity contribution in [3.8, 4) is 0 Å². The number of anilines is 2. The highest BCUT2D eigenvalue weighted by Crippen LogP contribution is 2.48. The van der Waals surface area contributed by atoms with Crippen molar-refractivity contribution in [2.24, 2.45) is 0 Å². The highest BCUT2D eigenvalue weighted by Gasteiger charge is 2.18. The van der Waals surface area contributed by atoms with Gasteiger partial charge in [-0.2, -0.15) is 0 Å². The summed E-state index contributed by atoms with van der Waals surface area (Å²) < 4.78 is 1.84. The molecule has 0 aliphatic carbocycles. The molecule has 194 valence electrons. The van der Waals surface area contributed by atoms with Crippen LogP contribution in [0.15, 0.2) is 91.5 Å². The van der Waals surface area contributed by atoms with Gasteiger partial charge in [-0.05, 0) is 120 Å². The fourth-order valence-corrected chi connectivity index (χ4v) is 7.23. The van der Waals surface area contributed by atoms with Gasteiger partial charge < -0.3 is 10.6 Å². The van der Waals surface area contributed by atoms with Gasteiger partial charge in [0.25, 0.3) is 11.8 Å². The van der Waals surface area contributed by atoms with Gasteiger partial charge in [0.15, 0.2) is 0 Å². The van der Waals surface area contributed by atoms with Crippen LogP contribution >= 0.6 is 53.4 Å². The standard InChI is InChI=1S/C30H26Br2N2O2S2/c1-17-5-7-19(3)27(25(17)33-29(35)21-9-13-23(31)14-10-21)37-38-28-20(4)8-6-18(2)26(28)34-30(36)22-11-15-24(32)16-12-22/h5-16H,1-4H3,(H,33,35)(H,34,36). The summed E-state index contributed by atoms with van der Waals surface area (Å²) in [6.07, 6.45) is 0. The molecule has 2 amide bonds. The third-order valence-corrected chi connectivity index (χ3v) is 9.80. The second-order valence-electron chi connectivity index (χ2n) is 8.90. The zero-order valence-electron chi connectivity index (χ0n) is 21.3. The van der Waals surface area contributed by atoms with E-state index >= 15 is 0 Å². The molecule has 4 aromatic carbocycles. The van der Waals surface area contributed by atoms with Crippen LogP contribution in [0.5, 0.6) is 0 Å². The molecule has 0 aromatic heterocycles. The molecule has 0 spiro atoms. The third-order valence-electron chi connectivity index (χ3n) is 6.02. The van der Waals surface area contributed by atoms with E-state index in [-0.39, 0.29) is 11.8 Å². The van der Waals surface area contributed by atoms with E-state index < -0.39 is 0 Å². The molecule has 0 atom stereocenters. The summed E-state index contributed by atoms with van der Waals surface area (Å²) in [5.41, 5.74) is 6.84. The lowest BCUT2D eigenvalue weighted by atomic mass is 10.1. The summed E-state index contributed by atoms with van der Waals surface area (Å²) in [4.78, 5) is 28.1. The number of carbonyl (C=O) groups is 2. The Kier molecular flexibility index (Phi) is 9.41. The average molecular weight is 670 g/mol. The summed E-state index contributed by atoms with van der Waals surface area (Å²) >= 11 is 6.84. The minimum absolute atomic E-state index is 0.160. The minimum Gasteiger partial charge on any atom is -0.321 e. The van der Waals surface area contributed by atoms with E-state index in [9.17, 15) is 9.59 Å². The molecule has 8 heteroatoms. The molecule has 0 aliphatic rings. The maximum absolute atomic E-state index is 13.1. The number of hydrogen-bond donors (Lipinski definition) is 2. The normalized spacial score (nSPS) is 10.8. The quantitative estimate of drug-likeness (QED) is 0.192. The van der Waals surface area contributed by atoms with Crippen molar-refractivity contribution in [3.05, 3.63) is 115 Å². The van der Waals surface area contributed by atoms with Gasteiger partial charge in [0.05, 0.1) is 11.4 Å². The molecule has 0 radical (unpaired) electrons. The number of amides is 2. The van der Waals surface area contributed by atoms with Gasteiger partial charge in [0, 0.05) is 29.9 Å². The summed E-state index contributed by atoms with van der Waals surface area (Å²) in [6.45, 7) is 8.06. The Hall–Kier alpha value is -2.52. The number of nitrogens with one attached hydrogen (secondary N) is 2. The molecular formula is C30H26Br2N2O2S2. The van der Waals surface area contributed by atoms with Crippen LogP contribution in [-0.2, 0) is 0 Å². The first kappa shape index (κ1) is 28.5. The van der Waals surface area contributed by atoms with Gasteiger partial charge in [0.2, 0.25) is 0 Å². The first-order valence-electron chi connectivity index (χ1n) is 11.8. The average Bonchev–Trinajstić information content (AvgIpc) is 2.89. The molecule has 4 aromatic rings. The van der Waals surface area contributed by atoms with E-state index in [1.165, 1.54) is 0 Å². The van der Waals surface area contributed by atoms with Crippen molar-refractivity contribution in [1.29, 1.82) is 0 Å². The van der Waals surface area contributed by atoms with Crippen molar-refractivity contribution in [3.63, 3.8) is 0 Å². The smallest absolute Gasteiger partial charge is 0.255 e. The SMILES string of the molecule is Cc1ccc(C)c(SSc2c(C)ccc(C)c2NC(=O)c2ccc(Br)cc2)c1NC(=O)c1ccc(Br)cc1. The van der Waals surface area contributed by atoms with Crippen LogP contribution in [0, 0.1) is 27.7 Å². The Morgan fingerprint density at radius 2 is 0.842 bits per heavy atom. The summed E-state index contributed by atoms with van der Waals surface area (Å²) in [7, 11) is 3.16. The number of carbonyl (C=O) groups excluding carboxylic acids is 2. The highest BCUT2D eigenvalue weighted by atomic mass is 79.9. The molecule has 0 bridgehead atoms. The maximum Gasteiger partial charge on any atom is 0.255 e. The van der Waals surface area contributed by atoms with Gasteiger partial charge in [-0.25, -0.2) is 0 Å². The predicted octanol–water partition coefficient (Wildman–Crippen LogP) is 9.75. The molecule has 0 saturated carbocycles. The van der Waals surface area contributed by atoms with E-state index in [4.69, 9.17) is 0 Å². The van der Waals surface area contributed by atoms with Crippen LogP contribution in [0.1, 0.15) is 43.0 Å². The Balaban J connectivity index is 1.61. The van der Waals surface area contributed by atoms with Gasteiger partial charge in [-0.1, -0.05) is 56.1 Å². The zero-order chi connectivity index (χ0) is 27.4. The zero-order valence-corrected chi connectivity index (χ0v) is 26.1. The lowest BCUT2D eigenvalue weighted by Gasteiger charge is -2.19. The fourth-order valence-electron chi connectivity index (χ4n) is 3.75. The molecule has 38 heavy (non-hydrogen) atoms. The van der Waals surface area contributed by atoms with Crippen molar-refractivity contribution in [2.75, 3.05) is 10.6 Å². The van der Waals surface area contributed by atoms with E-state index in [0.717, 1.165) is 52.4 Å². The second kappa shape index (κ2) is 12.6. The van der Waals surface area contributed by atoms with Crippen molar-refractivity contribution in [1.82, 2.24) is 0 Å². The molecule has 4 nitrogen and oxygen atoms in total. The van der Waals surface area contributed by atoms with Crippen LogP contribution in [0.25, 0.3) is 0 Å². The predicted molar refractivity (Wildman–Crippen MR) is 168 cm³/mol. The van der Waals surface area contributed by atoms with E-state index in [0.29, 0.717) is 11.1 Å². The fraction of sp³-hybridized carbons (Fsp3) is 0.133. The van der Waals surface area contributed by atoms with Crippen molar-refractivity contribution in [2.45, 2.75) is 37.5 Å². The van der Waals surface area contributed by atoms with Gasteiger partial charge in [-0.15, -0.1) is 0 Å². The van der Waals surface area contributed by atoms with Crippen molar-refractivity contribution >= 4 is 76.6 Å². The largest absolute Gasteiger partial charge is 0.321 e. The second-order valence-corrected chi connectivity index (χ2v) is 12.9. The summed E-state index contributed by atoms with van der Waals surface area (Å²) in [6, 6.07) is 22.8. The summed E-state index contributed by atoms with van der Waals surface area (Å²) in [5.74, 6) is -0.320. The molecule has 0 fully saturated rings. The molecule has 0 heterocycles. The van der Waals surface area contributed by atoms with Crippen LogP contribution in [0.4, 0.5) is 11.4 Å². The van der Waals surface area contributed by atoms with E-state index in [1.807, 2.05) is 64.1 Å². The Morgan fingerprint density at radius 1 is 0.526 bits per heavy atom. The first-order chi connectivity index (χ1) is 18.1. The highest BCUT2D eigenvalue weighted by molar-refractivity contribution is 9.10. The molecule has 0 unspecified atom stereocenters. The monoisotopic (exact) mass is 668 g/mol. The van der Waals surface area contributed by atoms with Gasteiger partial charge >= 0.3 is 0 Å². The van der Waals surface area contributed by atoms with Crippen LogP contribution in [0.2, 0.25) is 0 Å². The van der Waals surface area contributed by atoms with Crippen LogP contribution < -0.4 is 10.6 Å². The Morgan fingerprint density at radius 3 is 1.18 bits per heavy atom. The molecular weight excluding hydrogens is 644 g/mol. The number of halogens is 2. The number of hydrogen-bond acceptors (Lipinski definition) is 4. The molecule has 4 rings (SSSR count). The number of benzene rings is 4. The van der Waals surface area contributed by atoms with Gasteiger partial charge in [-0.3, -0.25) is 9.59 Å². The van der Waals surface area contributed by atoms with Crippen LogP contribution in [0.3, 0.4) is 0 Å². The van der Waals surface area contributed by atoms with Crippen molar-refractivity contribution < 1.29 is 9.59 Å². The summed E-state index contributed by atoms with van der Waals surface area (Å²) in [5, 5.41) is 6.26. The minimum atomic E-state index is -0.160. The molecule has 0 saturated heterocycles.